The molecule has 2 N–H and O–H groups in total. The molecule has 0 amide bonds. The smallest absolute Gasteiger partial charge is 0.0610 e. The highest BCUT2D eigenvalue weighted by Gasteiger charge is 2.21. The molecule has 0 aliphatic rings. The Kier molecular flexibility index (Phi) is 7.63. The van der Waals surface area contributed by atoms with Gasteiger partial charge in [0.05, 0.1) is 6.61 Å². The van der Waals surface area contributed by atoms with Crippen molar-refractivity contribution in [3.63, 3.8) is 0 Å². The first-order valence-corrected chi connectivity index (χ1v) is 8.65. The predicted octanol–water partition coefficient (Wildman–Crippen LogP) is 3.68. The van der Waals surface area contributed by atoms with Crippen LogP contribution in [0.2, 0.25) is 0 Å². The molecule has 2 nitrogen and oxygen atoms in total. The number of rotatable bonds is 9. The van der Waals surface area contributed by atoms with Gasteiger partial charge in [0, 0.05) is 11.3 Å². The summed E-state index contributed by atoms with van der Waals surface area (Å²) in [4.78, 5) is 0. The topological polar surface area (TPSA) is 32.3 Å². The minimum atomic E-state index is -0.133. The molecule has 0 aliphatic heterocycles. The molecule has 1 unspecified atom stereocenters. The van der Waals surface area contributed by atoms with E-state index in [-0.39, 0.29) is 12.1 Å². The van der Waals surface area contributed by atoms with Crippen LogP contribution in [0.5, 0.6) is 0 Å². The molecule has 3 heteroatoms. The van der Waals surface area contributed by atoms with Crippen molar-refractivity contribution < 1.29 is 5.11 Å². The molecule has 1 aromatic rings. The van der Waals surface area contributed by atoms with E-state index in [0.717, 1.165) is 30.9 Å². The highest BCUT2D eigenvalue weighted by atomic mass is 32.2. The zero-order valence-electron chi connectivity index (χ0n) is 13.3. The second-order valence-corrected chi connectivity index (χ2v) is 7.05. The Morgan fingerprint density at radius 3 is 2.40 bits per heavy atom. The van der Waals surface area contributed by atoms with Gasteiger partial charge in [0.1, 0.15) is 0 Å². The minimum absolute atomic E-state index is 0.133. The summed E-state index contributed by atoms with van der Waals surface area (Å²) in [6, 6.07) is 6.74. The molecule has 1 rings (SSSR count). The van der Waals surface area contributed by atoms with Crippen molar-refractivity contribution in [2.45, 2.75) is 51.8 Å². The van der Waals surface area contributed by atoms with Crippen LogP contribution < -0.4 is 5.32 Å². The van der Waals surface area contributed by atoms with E-state index in [9.17, 15) is 5.11 Å². The van der Waals surface area contributed by atoms with Gasteiger partial charge in [-0.3, -0.25) is 0 Å². The molecule has 114 valence electrons. The van der Waals surface area contributed by atoms with E-state index in [1.807, 2.05) is 11.8 Å². The average Bonchev–Trinajstić information content (AvgIpc) is 2.40. The Labute approximate surface area is 128 Å². The SMILES string of the molecule is CCCNC(C)(CO)CCSCc1cc(C)cc(C)c1. The third-order valence-corrected chi connectivity index (χ3v) is 4.53. The van der Waals surface area contributed by atoms with E-state index in [1.54, 1.807) is 0 Å². The third kappa shape index (κ3) is 6.29. The number of nitrogens with one attached hydrogen (secondary N) is 1. The second kappa shape index (κ2) is 8.71. The van der Waals surface area contributed by atoms with Gasteiger partial charge in [-0.2, -0.15) is 11.8 Å². The van der Waals surface area contributed by atoms with Gasteiger partial charge < -0.3 is 10.4 Å². The molecule has 0 saturated carbocycles. The van der Waals surface area contributed by atoms with E-state index >= 15 is 0 Å². The lowest BCUT2D eigenvalue weighted by Gasteiger charge is -2.28. The van der Waals surface area contributed by atoms with Gasteiger partial charge in [-0.05, 0) is 51.5 Å². The van der Waals surface area contributed by atoms with Gasteiger partial charge in [-0.15, -0.1) is 0 Å². The van der Waals surface area contributed by atoms with E-state index in [0.29, 0.717) is 0 Å². The lowest BCUT2D eigenvalue weighted by molar-refractivity contribution is 0.171. The van der Waals surface area contributed by atoms with Gasteiger partial charge >= 0.3 is 0 Å². The van der Waals surface area contributed by atoms with Crippen LogP contribution in [-0.2, 0) is 5.75 Å². The first-order chi connectivity index (χ1) is 9.49. The standard InChI is InChI=1S/C17H29NOS/c1-5-7-18-17(4,13-19)6-8-20-12-16-10-14(2)9-15(3)11-16/h9-11,18-19H,5-8,12-13H2,1-4H3. The van der Waals surface area contributed by atoms with Gasteiger partial charge in [0.25, 0.3) is 0 Å². The summed E-state index contributed by atoms with van der Waals surface area (Å²) >= 11 is 1.95. The summed E-state index contributed by atoms with van der Waals surface area (Å²) in [6.45, 7) is 9.74. The van der Waals surface area contributed by atoms with Crippen LogP contribution in [0.25, 0.3) is 0 Å². The number of hydrogen-bond acceptors (Lipinski definition) is 3. The van der Waals surface area contributed by atoms with Crippen molar-refractivity contribution in [3.8, 4) is 0 Å². The summed E-state index contributed by atoms with van der Waals surface area (Å²) in [5.41, 5.74) is 3.95. The quantitative estimate of drug-likeness (QED) is 0.682. The molecule has 0 fully saturated rings. The fraction of sp³-hybridized carbons (Fsp3) is 0.647. The highest BCUT2D eigenvalue weighted by Crippen LogP contribution is 2.19. The lowest BCUT2D eigenvalue weighted by Crippen LogP contribution is -2.46. The van der Waals surface area contributed by atoms with Crippen molar-refractivity contribution in [1.29, 1.82) is 0 Å². The fourth-order valence-corrected chi connectivity index (χ4v) is 3.43. The zero-order chi connectivity index (χ0) is 15.0. The van der Waals surface area contributed by atoms with E-state index in [4.69, 9.17) is 0 Å². The zero-order valence-corrected chi connectivity index (χ0v) is 14.1. The van der Waals surface area contributed by atoms with Gasteiger partial charge in [0.2, 0.25) is 0 Å². The normalized spacial score (nSPS) is 14.2. The lowest BCUT2D eigenvalue weighted by atomic mass is 10.0. The van der Waals surface area contributed by atoms with Crippen molar-refractivity contribution in [1.82, 2.24) is 5.32 Å². The van der Waals surface area contributed by atoms with Crippen molar-refractivity contribution in [3.05, 3.63) is 34.9 Å². The van der Waals surface area contributed by atoms with Crippen LogP contribution in [0.15, 0.2) is 18.2 Å². The first-order valence-electron chi connectivity index (χ1n) is 7.50. The van der Waals surface area contributed by atoms with E-state index in [2.05, 4.69) is 51.2 Å². The number of aliphatic hydroxyl groups is 1. The highest BCUT2D eigenvalue weighted by molar-refractivity contribution is 7.98. The van der Waals surface area contributed by atoms with Crippen LogP contribution in [-0.4, -0.2) is 29.5 Å². The number of aliphatic hydroxyl groups excluding tert-OH is 1. The number of hydrogen-bond donors (Lipinski definition) is 2. The van der Waals surface area contributed by atoms with Crippen LogP contribution in [0, 0.1) is 13.8 Å². The molecule has 1 aromatic carbocycles. The molecule has 0 aliphatic carbocycles. The third-order valence-electron chi connectivity index (χ3n) is 3.50. The summed E-state index contributed by atoms with van der Waals surface area (Å²) in [5, 5.41) is 13.0. The fourth-order valence-electron chi connectivity index (χ4n) is 2.29. The molecule has 0 radical (unpaired) electrons. The van der Waals surface area contributed by atoms with Crippen molar-refractivity contribution >= 4 is 11.8 Å². The molecule has 0 heterocycles. The van der Waals surface area contributed by atoms with Crippen LogP contribution in [0.4, 0.5) is 0 Å². The average molecular weight is 295 g/mol. The van der Waals surface area contributed by atoms with Crippen LogP contribution >= 0.6 is 11.8 Å². The molecular formula is C17H29NOS. The van der Waals surface area contributed by atoms with Crippen LogP contribution in [0.1, 0.15) is 43.4 Å². The Morgan fingerprint density at radius 2 is 1.85 bits per heavy atom. The van der Waals surface area contributed by atoms with E-state index in [1.165, 1.54) is 16.7 Å². The predicted molar refractivity (Wildman–Crippen MR) is 90.5 cm³/mol. The number of aryl methyl sites for hydroxylation is 2. The molecule has 0 saturated heterocycles. The Hall–Kier alpha value is -0.510. The Balaban J connectivity index is 2.36. The molecular weight excluding hydrogens is 266 g/mol. The maximum Gasteiger partial charge on any atom is 0.0610 e. The summed E-state index contributed by atoms with van der Waals surface area (Å²) in [7, 11) is 0. The van der Waals surface area contributed by atoms with Crippen molar-refractivity contribution in [2.75, 3.05) is 18.9 Å². The molecule has 0 aromatic heterocycles. The minimum Gasteiger partial charge on any atom is -0.394 e. The monoisotopic (exact) mass is 295 g/mol. The summed E-state index contributed by atoms with van der Waals surface area (Å²) in [5.74, 6) is 2.12. The Morgan fingerprint density at radius 1 is 1.20 bits per heavy atom. The van der Waals surface area contributed by atoms with Gasteiger partial charge in [-0.25, -0.2) is 0 Å². The first kappa shape index (κ1) is 17.5. The van der Waals surface area contributed by atoms with Gasteiger partial charge in [-0.1, -0.05) is 36.2 Å². The number of thioether (sulfide) groups is 1. The van der Waals surface area contributed by atoms with Crippen LogP contribution in [0.3, 0.4) is 0 Å². The summed E-state index contributed by atoms with van der Waals surface area (Å²) in [6.07, 6.45) is 2.10. The maximum absolute atomic E-state index is 9.53. The van der Waals surface area contributed by atoms with Crippen molar-refractivity contribution in [2.24, 2.45) is 0 Å². The second-order valence-electron chi connectivity index (χ2n) is 5.94. The summed E-state index contributed by atoms with van der Waals surface area (Å²) < 4.78 is 0. The number of benzene rings is 1. The molecule has 0 spiro atoms. The molecule has 1 atom stereocenters. The van der Waals surface area contributed by atoms with Gasteiger partial charge in [0.15, 0.2) is 0 Å². The molecule has 20 heavy (non-hydrogen) atoms. The molecule has 0 bridgehead atoms. The van der Waals surface area contributed by atoms with E-state index < -0.39 is 0 Å². The largest absolute Gasteiger partial charge is 0.394 e. The maximum atomic E-state index is 9.53. The Bertz CT molecular complexity index is 388.